The number of hydrogen-bond donors (Lipinski definition) is 1. The fourth-order valence-corrected chi connectivity index (χ4v) is 2.93. The molecule has 1 aliphatic heterocycles. The number of rotatable bonds is 4. The van der Waals surface area contributed by atoms with Crippen LogP contribution in [-0.2, 0) is 9.59 Å². The highest BCUT2D eigenvalue weighted by Gasteiger charge is 2.32. The predicted molar refractivity (Wildman–Crippen MR) is 87.5 cm³/mol. The molecule has 0 radical (unpaired) electrons. The van der Waals surface area contributed by atoms with Gasteiger partial charge in [-0.25, -0.2) is 0 Å². The largest absolute Gasteiger partial charge is 0.427 e. The number of benzene rings is 1. The van der Waals surface area contributed by atoms with Crippen LogP contribution >= 0.6 is 0 Å². The number of piperidine rings is 1. The second kappa shape index (κ2) is 7.03. The summed E-state index contributed by atoms with van der Waals surface area (Å²) in [6, 6.07) is 6.82. The maximum Gasteiger partial charge on any atom is 0.308 e. The summed E-state index contributed by atoms with van der Waals surface area (Å²) in [5.74, 6) is 0.269. The van der Waals surface area contributed by atoms with Gasteiger partial charge in [-0.1, -0.05) is 6.07 Å². The lowest BCUT2D eigenvalue weighted by atomic mass is 10.0. The third kappa shape index (κ3) is 4.13. The van der Waals surface area contributed by atoms with Gasteiger partial charge in [-0.3, -0.25) is 14.4 Å². The van der Waals surface area contributed by atoms with Crippen molar-refractivity contribution in [1.29, 1.82) is 0 Å². The number of esters is 1. The second-order valence-electron chi connectivity index (χ2n) is 6.47. The molecule has 0 unspecified atom stereocenters. The maximum atomic E-state index is 12.6. The van der Waals surface area contributed by atoms with Crippen molar-refractivity contribution in [2.24, 2.45) is 5.92 Å². The Morgan fingerprint density at radius 2 is 1.83 bits per heavy atom. The fraction of sp³-hybridized carbons (Fsp3) is 0.500. The summed E-state index contributed by atoms with van der Waals surface area (Å²) in [6.07, 6.45) is 3.55. The van der Waals surface area contributed by atoms with Crippen LogP contribution in [0.4, 0.5) is 0 Å². The Morgan fingerprint density at radius 1 is 1.12 bits per heavy atom. The quantitative estimate of drug-likeness (QED) is 0.674. The topological polar surface area (TPSA) is 75.7 Å². The molecule has 1 aromatic rings. The van der Waals surface area contributed by atoms with E-state index in [1.165, 1.54) is 6.92 Å². The molecule has 1 saturated heterocycles. The van der Waals surface area contributed by atoms with E-state index in [1.807, 2.05) is 0 Å². The summed E-state index contributed by atoms with van der Waals surface area (Å²) in [4.78, 5) is 37.2. The van der Waals surface area contributed by atoms with Crippen LogP contribution in [0.25, 0.3) is 0 Å². The van der Waals surface area contributed by atoms with Gasteiger partial charge in [0.15, 0.2) is 0 Å². The molecule has 6 heteroatoms. The van der Waals surface area contributed by atoms with Crippen molar-refractivity contribution in [3.8, 4) is 5.75 Å². The van der Waals surface area contributed by atoms with Crippen LogP contribution in [0.2, 0.25) is 0 Å². The lowest BCUT2D eigenvalue weighted by Crippen LogP contribution is -2.46. The molecule has 1 aromatic carbocycles. The Kier molecular flexibility index (Phi) is 4.83. The zero-order chi connectivity index (χ0) is 17.1. The van der Waals surface area contributed by atoms with Crippen LogP contribution in [0.5, 0.6) is 5.75 Å². The summed E-state index contributed by atoms with van der Waals surface area (Å²) in [6.45, 7) is 2.56. The third-order valence-electron chi connectivity index (χ3n) is 4.42. The standard InChI is InChI=1S/C18H22N2O4/c1-12(21)24-16-4-2-3-14(11-16)18(23)20-9-7-15(8-10-20)19-17(22)13-5-6-13/h2-4,11,13,15H,5-10H2,1H3,(H,19,22). The molecule has 0 aromatic heterocycles. The number of nitrogens with one attached hydrogen (secondary N) is 1. The zero-order valence-corrected chi connectivity index (χ0v) is 13.8. The zero-order valence-electron chi connectivity index (χ0n) is 13.8. The van der Waals surface area contributed by atoms with Gasteiger partial charge in [0, 0.05) is 37.5 Å². The summed E-state index contributed by atoms with van der Waals surface area (Å²) >= 11 is 0. The summed E-state index contributed by atoms with van der Waals surface area (Å²) in [5.41, 5.74) is 0.509. The number of carbonyl (C=O) groups is 3. The maximum absolute atomic E-state index is 12.6. The predicted octanol–water partition coefficient (Wildman–Crippen LogP) is 1.74. The SMILES string of the molecule is CC(=O)Oc1cccc(C(=O)N2CCC(NC(=O)C3CC3)CC2)c1. The Morgan fingerprint density at radius 3 is 2.46 bits per heavy atom. The molecule has 0 bridgehead atoms. The van der Waals surface area contributed by atoms with Crippen molar-refractivity contribution in [3.05, 3.63) is 29.8 Å². The van der Waals surface area contributed by atoms with E-state index in [2.05, 4.69) is 5.32 Å². The molecule has 6 nitrogen and oxygen atoms in total. The van der Waals surface area contributed by atoms with Gasteiger partial charge in [-0.05, 0) is 43.9 Å². The van der Waals surface area contributed by atoms with Gasteiger partial charge < -0.3 is 15.0 Å². The van der Waals surface area contributed by atoms with Gasteiger partial charge in [0.25, 0.3) is 5.91 Å². The van der Waals surface area contributed by atoms with Crippen LogP contribution < -0.4 is 10.1 Å². The first-order valence-corrected chi connectivity index (χ1v) is 8.41. The van der Waals surface area contributed by atoms with Gasteiger partial charge in [0.05, 0.1) is 0 Å². The molecule has 3 rings (SSSR count). The van der Waals surface area contributed by atoms with E-state index in [0.717, 1.165) is 25.7 Å². The molecule has 1 aliphatic carbocycles. The van der Waals surface area contributed by atoms with E-state index in [9.17, 15) is 14.4 Å². The van der Waals surface area contributed by atoms with Crippen LogP contribution in [0.15, 0.2) is 24.3 Å². The summed E-state index contributed by atoms with van der Waals surface area (Å²) in [7, 11) is 0. The molecular formula is C18H22N2O4. The highest BCUT2D eigenvalue weighted by Crippen LogP contribution is 2.29. The van der Waals surface area contributed by atoms with E-state index in [-0.39, 0.29) is 23.8 Å². The molecule has 2 aliphatic rings. The van der Waals surface area contributed by atoms with Crippen molar-refractivity contribution in [3.63, 3.8) is 0 Å². The Hall–Kier alpha value is -2.37. The Bertz CT molecular complexity index is 646. The highest BCUT2D eigenvalue weighted by molar-refractivity contribution is 5.94. The number of carbonyl (C=O) groups excluding carboxylic acids is 3. The van der Waals surface area contributed by atoms with Crippen LogP contribution in [0.1, 0.15) is 43.0 Å². The lowest BCUT2D eigenvalue weighted by molar-refractivity contribution is -0.132. The fourth-order valence-electron chi connectivity index (χ4n) is 2.93. The molecule has 2 amide bonds. The smallest absolute Gasteiger partial charge is 0.308 e. The Balaban J connectivity index is 1.54. The molecule has 128 valence electrons. The van der Waals surface area contributed by atoms with E-state index in [4.69, 9.17) is 4.74 Å². The Labute approximate surface area is 141 Å². The number of nitrogens with zero attached hydrogens (tertiary/aromatic N) is 1. The van der Waals surface area contributed by atoms with Gasteiger partial charge >= 0.3 is 5.97 Å². The molecule has 24 heavy (non-hydrogen) atoms. The van der Waals surface area contributed by atoms with E-state index < -0.39 is 5.97 Å². The van der Waals surface area contributed by atoms with Crippen molar-refractivity contribution >= 4 is 17.8 Å². The van der Waals surface area contributed by atoms with E-state index >= 15 is 0 Å². The van der Waals surface area contributed by atoms with Crippen molar-refractivity contribution in [2.75, 3.05) is 13.1 Å². The van der Waals surface area contributed by atoms with Gasteiger partial charge in [-0.2, -0.15) is 0 Å². The van der Waals surface area contributed by atoms with Gasteiger partial charge in [0.2, 0.25) is 5.91 Å². The summed E-state index contributed by atoms with van der Waals surface area (Å²) < 4.78 is 5.02. The minimum absolute atomic E-state index is 0.0732. The van der Waals surface area contributed by atoms with Crippen LogP contribution in [0, 0.1) is 5.92 Å². The van der Waals surface area contributed by atoms with Crippen LogP contribution in [-0.4, -0.2) is 41.8 Å². The lowest BCUT2D eigenvalue weighted by Gasteiger charge is -2.32. The first-order valence-electron chi connectivity index (χ1n) is 8.41. The van der Waals surface area contributed by atoms with Gasteiger partial charge in [0.1, 0.15) is 5.75 Å². The van der Waals surface area contributed by atoms with Crippen molar-refractivity contribution in [1.82, 2.24) is 10.2 Å². The second-order valence-corrected chi connectivity index (χ2v) is 6.47. The molecule has 1 saturated carbocycles. The first-order chi connectivity index (χ1) is 11.5. The van der Waals surface area contributed by atoms with Crippen LogP contribution in [0.3, 0.4) is 0 Å². The number of hydrogen-bond acceptors (Lipinski definition) is 4. The average Bonchev–Trinajstić information content (AvgIpc) is 3.39. The van der Waals surface area contributed by atoms with E-state index in [0.29, 0.717) is 24.4 Å². The average molecular weight is 330 g/mol. The number of ether oxygens (including phenoxy) is 1. The minimum atomic E-state index is -0.410. The molecular weight excluding hydrogens is 308 g/mol. The minimum Gasteiger partial charge on any atom is -0.427 e. The monoisotopic (exact) mass is 330 g/mol. The normalized spacial score (nSPS) is 18.1. The number of likely N-dealkylation sites (tertiary alicyclic amines) is 1. The molecule has 1 N–H and O–H groups in total. The van der Waals surface area contributed by atoms with E-state index in [1.54, 1.807) is 29.2 Å². The third-order valence-corrected chi connectivity index (χ3v) is 4.42. The number of amides is 2. The molecule has 0 spiro atoms. The van der Waals surface area contributed by atoms with Crippen molar-refractivity contribution < 1.29 is 19.1 Å². The van der Waals surface area contributed by atoms with Gasteiger partial charge in [-0.15, -0.1) is 0 Å². The van der Waals surface area contributed by atoms with Crippen molar-refractivity contribution in [2.45, 2.75) is 38.6 Å². The molecule has 2 fully saturated rings. The molecule has 0 atom stereocenters. The first kappa shape index (κ1) is 16.5. The highest BCUT2D eigenvalue weighted by atomic mass is 16.5. The summed E-state index contributed by atoms with van der Waals surface area (Å²) in [5, 5.41) is 3.08. The molecule has 1 heterocycles.